The SMILES string of the molecule is Cc1nn(C)c(C)c1NS(=O)c1ccc(CCCN2CCN(C)CC2)cc1. The smallest absolute Gasteiger partial charge is 0.150 e. The van der Waals surface area contributed by atoms with Crippen LogP contribution in [0.15, 0.2) is 29.2 Å². The number of nitrogens with zero attached hydrogens (tertiary/aromatic N) is 4. The lowest BCUT2D eigenvalue weighted by atomic mass is 10.1. The Morgan fingerprint density at radius 3 is 2.33 bits per heavy atom. The Labute approximate surface area is 165 Å². The Hall–Kier alpha value is -1.70. The van der Waals surface area contributed by atoms with Crippen LogP contribution in [-0.2, 0) is 24.5 Å². The van der Waals surface area contributed by atoms with Gasteiger partial charge in [-0.05, 0) is 58.0 Å². The van der Waals surface area contributed by atoms with Crippen LogP contribution in [0.25, 0.3) is 0 Å². The number of rotatable bonds is 7. The van der Waals surface area contributed by atoms with Crippen LogP contribution in [0.4, 0.5) is 5.69 Å². The molecule has 2 aromatic rings. The first kappa shape index (κ1) is 20.0. The number of likely N-dealkylation sites (N-methyl/N-ethyl adjacent to an activating group) is 1. The molecule has 3 rings (SSSR count). The summed E-state index contributed by atoms with van der Waals surface area (Å²) in [5.74, 6) is 0. The zero-order valence-corrected chi connectivity index (χ0v) is 17.7. The molecule has 7 heteroatoms. The van der Waals surface area contributed by atoms with E-state index < -0.39 is 11.0 Å². The van der Waals surface area contributed by atoms with Gasteiger partial charge in [-0.15, -0.1) is 0 Å². The zero-order chi connectivity index (χ0) is 19.4. The fraction of sp³-hybridized carbons (Fsp3) is 0.550. The molecular weight excluding hydrogens is 358 g/mol. The summed E-state index contributed by atoms with van der Waals surface area (Å²) >= 11 is 0. The number of aryl methyl sites for hydroxylation is 3. The van der Waals surface area contributed by atoms with Gasteiger partial charge in [0.05, 0.1) is 22.0 Å². The molecule has 1 aliphatic rings. The lowest BCUT2D eigenvalue weighted by Crippen LogP contribution is -2.44. The van der Waals surface area contributed by atoms with Gasteiger partial charge >= 0.3 is 0 Å². The highest BCUT2D eigenvalue weighted by Gasteiger charge is 2.14. The highest BCUT2D eigenvalue weighted by Crippen LogP contribution is 2.21. The second kappa shape index (κ2) is 8.99. The Morgan fingerprint density at radius 1 is 1.07 bits per heavy atom. The summed E-state index contributed by atoms with van der Waals surface area (Å²) in [4.78, 5) is 5.73. The van der Waals surface area contributed by atoms with Crippen molar-refractivity contribution in [2.45, 2.75) is 31.6 Å². The molecule has 1 N–H and O–H groups in total. The predicted molar refractivity (Wildman–Crippen MR) is 111 cm³/mol. The first-order valence-corrected chi connectivity index (χ1v) is 10.8. The van der Waals surface area contributed by atoms with Crippen LogP contribution in [0.2, 0.25) is 0 Å². The number of hydrogen-bond acceptors (Lipinski definition) is 4. The van der Waals surface area contributed by atoms with E-state index in [1.165, 1.54) is 38.2 Å². The third-order valence-corrected chi connectivity index (χ3v) is 6.47. The van der Waals surface area contributed by atoms with Crippen LogP contribution in [0.1, 0.15) is 23.4 Å². The Morgan fingerprint density at radius 2 is 1.74 bits per heavy atom. The van der Waals surface area contributed by atoms with E-state index in [1.807, 2.05) is 33.0 Å². The van der Waals surface area contributed by atoms with Gasteiger partial charge < -0.3 is 9.80 Å². The Balaban J connectivity index is 1.50. The van der Waals surface area contributed by atoms with Crippen LogP contribution in [0.5, 0.6) is 0 Å². The van der Waals surface area contributed by atoms with Gasteiger partial charge in [0.25, 0.3) is 0 Å². The van der Waals surface area contributed by atoms with Gasteiger partial charge in [0, 0.05) is 33.2 Å². The van der Waals surface area contributed by atoms with Gasteiger partial charge in [-0.3, -0.25) is 9.40 Å². The molecule has 6 nitrogen and oxygen atoms in total. The Bertz CT molecular complexity index is 778. The maximum Gasteiger partial charge on any atom is 0.150 e. The van der Waals surface area contributed by atoms with Crippen molar-refractivity contribution >= 4 is 16.7 Å². The quantitative estimate of drug-likeness (QED) is 0.790. The van der Waals surface area contributed by atoms with Crippen molar-refractivity contribution < 1.29 is 4.21 Å². The summed E-state index contributed by atoms with van der Waals surface area (Å²) in [6.07, 6.45) is 2.23. The molecule has 0 bridgehead atoms. The summed E-state index contributed by atoms with van der Waals surface area (Å²) in [5.41, 5.74) is 4.01. The highest BCUT2D eigenvalue weighted by molar-refractivity contribution is 7.86. The lowest BCUT2D eigenvalue weighted by molar-refractivity contribution is 0.153. The standard InChI is InChI=1S/C20H31N5OS/c1-16-20(17(2)24(4)21-16)22-27(26)19-9-7-18(8-10-19)6-5-11-25-14-12-23(3)13-15-25/h7-10,22H,5-6,11-15H2,1-4H3. The summed E-state index contributed by atoms with van der Waals surface area (Å²) in [5, 5.41) is 4.36. The molecule has 0 spiro atoms. The normalized spacial score (nSPS) is 17.2. The van der Waals surface area contributed by atoms with E-state index in [-0.39, 0.29) is 0 Å². The van der Waals surface area contributed by atoms with Crippen molar-refractivity contribution in [3.63, 3.8) is 0 Å². The van der Waals surface area contributed by atoms with Crippen LogP contribution in [0, 0.1) is 13.8 Å². The number of aromatic nitrogens is 2. The first-order chi connectivity index (χ1) is 12.9. The number of nitrogens with one attached hydrogen (secondary N) is 1. The van der Waals surface area contributed by atoms with E-state index in [2.05, 4.69) is 38.8 Å². The number of hydrogen-bond donors (Lipinski definition) is 1. The minimum absolute atomic E-state index is 0.792. The maximum absolute atomic E-state index is 12.6. The third kappa shape index (κ3) is 5.18. The Kier molecular flexibility index (Phi) is 6.68. The molecule has 0 amide bonds. The first-order valence-electron chi connectivity index (χ1n) is 9.62. The summed E-state index contributed by atoms with van der Waals surface area (Å²) < 4.78 is 17.5. The molecule has 148 valence electrons. The lowest BCUT2D eigenvalue weighted by Gasteiger charge is -2.32. The number of anilines is 1. The minimum Gasteiger partial charge on any atom is -0.304 e. The van der Waals surface area contributed by atoms with Gasteiger partial charge in [0.2, 0.25) is 0 Å². The van der Waals surface area contributed by atoms with E-state index in [0.717, 1.165) is 34.9 Å². The highest BCUT2D eigenvalue weighted by atomic mass is 32.2. The molecule has 0 aliphatic carbocycles. The summed E-state index contributed by atoms with van der Waals surface area (Å²) in [6, 6.07) is 8.13. The minimum atomic E-state index is -1.28. The molecule has 0 saturated carbocycles. The van der Waals surface area contributed by atoms with E-state index in [9.17, 15) is 4.21 Å². The van der Waals surface area contributed by atoms with Crippen molar-refractivity contribution in [3.05, 3.63) is 41.2 Å². The third-order valence-electron chi connectivity index (χ3n) is 5.38. The molecule has 27 heavy (non-hydrogen) atoms. The average molecular weight is 390 g/mol. The van der Waals surface area contributed by atoms with Crippen LogP contribution in [0.3, 0.4) is 0 Å². The summed E-state index contributed by atoms with van der Waals surface area (Å²) in [6.45, 7) is 9.75. The second-order valence-electron chi connectivity index (χ2n) is 7.43. The van der Waals surface area contributed by atoms with Gasteiger partial charge in [-0.2, -0.15) is 5.10 Å². The van der Waals surface area contributed by atoms with Gasteiger partial charge in [0.1, 0.15) is 11.0 Å². The monoisotopic (exact) mass is 389 g/mol. The molecule has 2 heterocycles. The van der Waals surface area contributed by atoms with E-state index in [0.29, 0.717) is 0 Å². The average Bonchev–Trinajstić information content (AvgIpc) is 2.90. The van der Waals surface area contributed by atoms with Crippen molar-refractivity contribution in [3.8, 4) is 0 Å². The molecule has 1 aromatic heterocycles. The molecule has 1 aromatic carbocycles. The largest absolute Gasteiger partial charge is 0.304 e. The molecule has 1 atom stereocenters. The number of benzene rings is 1. The van der Waals surface area contributed by atoms with Crippen LogP contribution >= 0.6 is 0 Å². The van der Waals surface area contributed by atoms with Crippen LogP contribution < -0.4 is 4.72 Å². The maximum atomic E-state index is 12.6. The van der Waals surface area contributed by atoms with Crippen molar-refractivity contribution in [2.24, 2.45) is 7.05 Å². The molecule has 1 saturated heterocycles. The number of piperazine rings is 1. The van der Waals surface area contributed by atoms with E-state index >= 15 is 0 Å². The zero-order valence-electron chi connectivity index (χ0n) is 16.9. The van der Waals surface area contributed by atoms with Crippen LogP contribution in [-0.4, -0.2) is 63.6 Å². The van der Waals surface area contributed by atoms with Gasteiger partial charge in [-0.25, -0.2) is 4.21 Å². The molecule has 1 aliphatic heterocycles. The van der Waals surface area contributed by atoms with E-state index in [1.54, 1.807) is 4.68 Å². The fourth-order valence-corrected chi connectivity index (χ4v) is 4.41. The molecular formula is C20H31N5OS. The second-order valence-corrected chi connectivity index (χ2v) is 8.65. The molecule has 1 fully saturated rings. The van der Waals surface area contributed by atoms with Crippen molar-refractivity contribution in [1.82, 2.24) is 19.6 Å². The van der Waals surface area contributed by atoms with Crippen molar-refractivity contribution in [2.75, 3.05) is 44.5 Å². The fourth-order valence-electron chi connectivity index (χ4n) is 3.43. The topological polar surface area (TPSA) is 53.4 Å². The molecule has 1 unspecified atom stereocenters. The molecule has 0 radical (unpaired) electrons. The summed E-state index contributed by atoms with van der Waals surface area (Å²) in [7, 11) is 2.81. The van der Waals surface area contributed by atoms with Gasteiger partial charge in [0.15, 0.2) is 0 Å². The predicted octanol–water partition coefficient (Wildman–Crippen LogP) is 2.35. The van der Waals surface area contributed by atoms with E-state index in [4.69, 9.17) is 0 Å². The van der Waals surface area contributed by atoms with Crippen molar-refractivity contribution in [1.29, 1.82) is 0 Å². The van der Waals surface area contributed by atoms with Gasteiger partial charge in [-0.1, -0.05) is 12.1 Å².